The van der Waals surface area contributed by atoms with Gasteiger partial charge in [0.2, 0.25) is 0 Å². The summed E-state index contributed by atoms with van der Waals surface area (Å²) < 4.78 is 25.5. The highest BCUT2D eigenvalue weighted by Gasteiger charge is 2.35. The van der Waals surface area contributed by atoms with Crippen LogP contribution in [0.1, 0.15) is 42.4 Å². The zero-order chi connectivity index (χ0) is 18.1. The van der Waals surface area contributed by atoms with Crippen molar-refractivity contribution in [3.05, 3.63) is 47.5 Å². The molecule has 0 N–H and O–H groups in total. The van der Waals surface area contributed by atoms with Gasteiger partial charge in [0.05, 0.1) is 18.1 Å². The predicted molar refractivity (Wildman–Crippen MR) is 101 cm³/mol. The van der Waals surface area contributed by atoms with E-state index < -0.39 is 9.84 Å². The standard InChI is InChI=1S/C19H26N4O2S/c1-15-20-19(23(21-15)13-16-5-3-2-4-6-16)17-7-10-22(11-8-17)18-9-12-26(24,25)14-18/h2-6,17-18H,7-14H2,1H3/t18-/m0/s1. The van der Waals surface area contributed by atoms with Gasteiger partial charge in [-0.25, -0.2) is 18.1 Å². The van der Waals surface area contributed by atoms with Crippen molar-refractivity contribution in [2.75, 3.05) is 24.6 Å². The van der Waals surface area contributed by atoms with Crippen molar-refractivity contribution in [2.24, 2.45) is 0 Å². The Morgan fingerprint density at radius 1 is 1.12 bits per heavy atom. The second-order valence-electron chi connectivity index (χ2n) is 7.53. The zero-order valence-corrected chi connectivity index (χ0v) is 16.0. The van der Waals surface area contributed by atoms with E-state index in [2.05, 4.69) is 22.1 Å². The minimum Gasteiger partial charge on any atom is -0.299 e. The van der Waals surface area contributed by atoms with Gasteiger partial charge in [0.1, 0.15) is 11.6 Å². The average Bonchev–Trinajstić information content (AvgIpc) is 3.18. The first kappa shape index (κ1) is 17.7. The van der Waals surface area contributed by atoms with Crippen molar-refractivity contribution in [3.8, 4) is 0 Å². The van der Waals surface area contributed by atoms with Crippen molar-refractivity contribution in [1.29, 1.82) is 0 Å². The summed E-state index contributed by atoms with van der Waals surface area (Å²) in [6.07, 6.45) is 2.82. The number of aromatic nitrogens is 3. The summed E-state index contributed by atoms with van der Waals surface area (Å²) in [6.45, 7) is 4.59. The monoisotopic (exact) mass is 374 g/mol. The van der Waals surface area contributed by atoms with Gasteiger partial charge in [0.15, 0.2) is 9.84 Å². The molecule has 2 aromatic rings. The smallest absolute Gasteiger partial charge is 0.151 e. The molecule has 1 aromatic carbocycles. The molecule has 0 amide bonds. The van der Waals surface area contributed by atoms with Gasteiger partial charge in [0, 0.05) is 12.0 Å². The number of aryl methyl sites for hydroxylation is 1. The van der Waals surface area contributed by atoms with Crippen LogP contribution in [0.4, 0.5) is 0 Å². The normalized spacial score (nSPS) is 24.1. The Bertz CT molecular complexity index is 855. The van der Waals surface area contributed by atoms with Crippen LogP contribution in [-0.2, 0) is 16.4 Å². The maximum atomic E-state index is 11.7. The number of likely N-dealkylation sites (tertiary alicyclic amines) is 1. The Hall–Kier alpha value is -1.73. The molecule has 2 saturated heterocycles. The van der Waals surface area contributed by atoms with Crippen molar-refractivity contribution in [2.45, 2.75) is 44.7 Å². The number of piperidine rings is 1. The van der Waals surface area contributed by atoms with Gasteiger partial charge in [-0.3, -0.25) is 4.90 Å². The molecule has 0 spiro atoms. The van der Waals surface area contributed by atoms with Crippen LogP contribution in [-0.4, -0.2) is 58.7 Å². The molecule has 2 aliphatic heterocycles. The molecule has 26 heavy (non-hydrogen) atoms. The molecule has 2 fully saturated rings. The third-order valence-electron chi connectivity index (χ3n) is 5.60. The minimum atomic E-state index is -2.82. The van der Waals surface area contributed by atoms with E-state index >= 15 is 0 Å². The number of hydrogen-bond acceptors (Lipinski definition) is 5. The highest BCUT2D eigenvalue weighted by Crippen LogP contribution is 2.30. The van der Waals surface area contributed by atoms with Crippen LogP contribution in [0.25, 0.3) is 0 Å². The lowest BCUT2D eigenvalue weighted by molar-refractivity contribution is 0.161. The highest BCUT2D eigenvalue weighted by molar-refractivity contribution is 7.91. The number of rotatable bonds is 4. The molecule has 1 atom stereocenters. The minimum absolute atomic E-state index is 0.213. The summed E-state index contributed by atoms with van der Waals surface area (Å²) in [7, 11) is -2.82. The van der Waals surface area contributed by atoms with Crippen molar-refractivity contribution < 1.29 is 8.42 Å². The third kappa shape index (κ3) is 3.83. The number of nitrogens with zero attached hydrogens (tertiary/aromatic N) is 4. The Balaban J connectivity index is 1.43. The Labute approximate surface area is 155 Å². The molecule has 0 bridgehead atoms. The van der Waals surface area contributed by atoms with E-state index in [-0.39, 0.29) is 6.04 Å². The van der Waals surface area contributed by atoms with Crippen LogP contribution < -0.4 is 0 Å². The van der Waals surface area contributed by atoms with Gasteiger partial charge in [-0.05, 0) is 44.8 Å². The lowest BCUT2D eigenvalue weighted by Gasteiger charge is -2.35. The van der Waals surface area contributed by atoms with E-state index in [0.717, 1.165) is 50.5 Å². The van der Waals surface area contributed by atoms with Gasteiger partial charge >= 0.3 is 0 Å². The molecule has 1 aromatic heterocycles. The highest BCUT2D eigenvalue weighted by atomic mass is 32.2. The lowest BCUT2D eigenvalue weighted by Crippen LogP contribution is -2.42. The first-order valence-electron chi connectivity index (χ1n) is 9.40. The van der Waals surface area contributed by atoms with Crippen LogP contribution in [0, 0.1) is 6.92 Å². The Morgan fingerprint density at radius 3 is 2.50 bits per heavy atom. The first-order valence-corrected chi connectivity index (χ1v) is 11.2. The summed E-state index contributed by atoms with van der Waals surface area (Å²) >= 11 is 0. The van der Waals surface area contributed by atoms with Crippen LogP contribution in [0.2, 0.25) is 0 Å². The molecule has 2 aliphatic rings. The van der Waals surface area contributed by atoms with Crippen molar-refractivity contribution >= 4 is 9.84 Å². The molecule has 4 rings (SSSR count). The molecule has 0 aliphatic carbocycles. The summed E-state index contributed by atoms with van der Waals surface area (Å²) in [5, 5.41) is 4.61. The van der Waals surface area contributed by atoms with Crippen LogP contribution >= 0.6 is 0 Å². The Morgan fingerprint density at radius 2 is 1.85 bits per heavy atom. The SMILES string of the molecule is Cc1nc(C2CCN([C@H]3CCS(=O)(=O)C3)CC2)n(Cc2ccccc2)n1. The fraction of sp³-hybridized carbons (Fsp3) is 0.579. The molecule has 3 heterocycles. The van der Waals surface area contributed by atoms with Crippen LogP contribution in [0.15, 0.2) is 30.3 Å². The average molecular weight is 375 g/mol. The third-order valence-corrected chi connectivity index (χ3v) is 7.35. The number of hydrogen-bond donors (Lipinski definition) is 0. The summed E-state index contributed by atoms with van der Waals surface area (Å²) in [4.78, 5) is 7.08. The fourth-order valence-corrected chi connectivity index (χ4v) is 5.99. The van der Waals surface area contributed by atoms with Gasteiger partial charge in [0.25, 0.3) is 0 Å². The maximum Gasteiger partial charge on any atom is 0.151 e. The van der Waals surface area contributed by atoms with E-state index in [0.29, 0.717) is 17.4 Å². The zero-order valence-electron chi connectivity index (χ0n) is 15.2. The molecule has 6 nitrogen and oxygen atoms in total. The summed E-state index contributed by atoms with van der Waals surface area (Å²) in [6, 6.07) is 10.6. The quantitative estimate of drug-likeness (QED) is 0.819. The van der Waals surface area contributed by atoms with Gasteiger partial charge in [-0.1, -0.05) is 30.3 Å². The van der Waals surface area contributed by atoms with Crippen LogP contribution in [0.5, 0.6) is 0 Å². The molecule has 0 radical (unpaired) electrons. The van der Waals surface area contributed by atoms with Gasteiger partial charge in [-0.2, -0.15) is 5.10 Å². The summed E-state index contributed by atoms with van der Waals surface area (Å²) in [5.74, 6) is 2.97. The van der Waals surface area contributed by atoms with Crippen molar-refractivity contribution in [3.63, 3.8) is 0 Å². The molecule has 7 heteroatoms. The maximum absolute atomic E-state index is 11.7. The molecular weight excluding hydrogens is 348 g/mol. The van der Waals surface area contributed by atoms with Gasteiger partial charge in [-0.15, -0.1) is 0 Å². The largest absolute Gasteiger partial charge is 0.299 e. The van der Waals surface area contributed by atoms with E-state index in [9.17, 15) is 8.42 Å². The second kappa shape index (κ2) is 7.12. The van der Waals surface area contributed by atoms with E-state index in [4.69, 9.17) is 4.98 Å². The van der Waals surface area contributed by atoms with Gasteiger partial charge < -0.3 is 0 Å². The van der Waals surface area contributed by atoms with Crippen LogP contribution in [0.3, 0.4) is 0 Å². The van der Waals surface area contributed by atoms with E-state index in [1.807, 2.05) is 29.8 Å². The molecule has 140 valence electrons. The Kier molecular flexibility index (Phi) is 4.84. The second-order valence-corrected chi connectivity index (χ2v) is 9.76. The predicted octanol–water partition coefficient (Wildman–Crippen LogP) is 2.00. The molecule has 0 unspecified atom stereocenters. The first-order chi connectivity index (χ1) is 12.5. The molecular formula is C19H26N4O2S. The number of sulfone groups is 1. The summed E-state index contributed by atoms with van der Waals surface area (Å²) in [5.41, 5.74) is 1.23. The van der Waals surface area contributed by atoms with E-state index in [1.54, 1.807) is 0 Å². The molecule has 0 saturated carbocycles. The lowest BCUT2D eigenvalue weighted by atomic mass is 9.94. The van der Waals surface area contributed by atoms with Crippen molar-refractivity contribution in [1.82, 2.24) is 19.7 Å². The van der Waals surface area contributed by atoms with E-state index in [1.165, 1.54) is 5.56 Å². The fourth-order valence-electron chi connectivity index (χ4n) is 4.23. The topological polar surface area (TPSA) is 68.1 Å². The number of benzene rings is 1.